The van der Waals surface area contributed by atoms with Crippen LogP contribution in [0, 0.1) is 5.92 Å². The van der Waals surface area contributed by atoms with E-state index >= 15 is 0 Å². The molecule has 186 valence electrons. The fourth-order valence-corrected chi connectivity index (χ4v) is 4.41. The highest BCUT2D eigenvalue weighted by atomic mass is 35.5. The van der Waals surface area contributed by atoms with Crippen LogP contribution in [0.15, 0.2) is 36.4 Å². The van der Waals surface area contributed by atoms with Crippen LogP contribution in [-0.2, 0) is 20.8 Å². The quantitative estimate of drug-likeness (QED) is 0.472. The Morgan fingerprint density at radius 1 is 1.26 bits per heavy atom. The van der Waals surface area contributed by atoms with Gasteiger partial charge in [-0.3, -0.25) is 19.3 Å². The van der Waals surface area contributed by atoms with Crippen LogP contribution in [-0.4, -0.2) is 53.9 Å². The van der Waals surface area contributed by atoms with Crippen molar-refractivity contribution in [3.63, 3.8) is 0 Å². The van der Waals surface area contributed by atoms with Crippen molar-refractivity contribution in [3.05, 3.63) is 58.1 Å². The van der Waals surface area contributed by atoms with Gasteiger partial charge in [-0.1, -0.05) is 24.6 Å². The van der Waals surface area contributed by atoms with Crippen molar-refractivity contribution in [2.75, 3.05) is 25.9 Å². The summed E-state index contributed by atoms with van der Waals surface area (Å²) in [6, 6.07) is 9.64. The second kappa shape index (κ2) is 11.2. The summed E-state index contributed by atoms with van der Waals surface area (Å²) < 4.78 is 5.37. The zero-order valence-electron chi connectivity index (χ0n) is 19.5. The van der Waals surface area contributed by atoms with Crippen molar-refractivity contribution in [1.29, 1.82) is 0 Å². The predicted octanol–water partition coefficient (Wildman–Crippen LogP) is 2.86. The maximum Gasteiger partial charge on any atom is 0.337 e. The summed E-state index contributed by atoms with van der Waals surface area (Å²) in [5.41, 5.74) is 7.34. The summed E-state index contributed by atoms with van der Waals surface area (Å²) in [5, 5.41) is 12.4. The van der Waals surface area contributed by atoms with Crippen molar-refractivity contribution in [2.24, 2.45) is 5.92 Å². The Balaban J connectivity index is 1.81. The largest absolute Gasteiger partial charge is 0.496 e. The summed E-state index contributed by atoms with van der Waals surface area (Å²) in [5.74, 6) is -2.92. The molecule has 10 heteroatoms. The molecule has 4 N–H and O–H groups in total. The fraction of sp³-hybridized carbons (Fsp3) is 0.360. The van der Waals surface area contributed by atoms with E-state index in [1.807, 2.05) is 6.92 Å². The number of carbonyl (C=O) groups excluding carboxylic acids is 3. The number of anilines is 1. The number of ether oxygens (including phenoxy) is 1. The molecule has 2 aromatic rings. The number of nitrogens with one attached hydrogen (secondary N) is 1. The van der Waals surface area contributed by atoms with Crippen molar-refractivity contribution >= 4 is 41.0 Å². The number of rotatable bonds is 8. The van der Waals surface area contributed by atoms with Crippen LogP contribution in [0.3, 0.4) is 0 Å². The van der Waals surface area contributed by atoms with Crippen LogP contribution in [0.4, 0.5) is 5.69 Å². The molecular weight excluding hydrogens is 474 g/mol. The van der Waals surface area contributed by atoms with E-state index in [1.165, 1.54) is 19.2 Å². The smallest absolute Gasteiger partial charge is 0.337 e. The van der Waals surface area contributed by atoms with Gasteiger partial charge in [-0.05, 0) is 60.2 Å². The standard InChI is InChI=1S/C25H28ClN3O6/c1-3-14(15-4-6-19(25(33)34)20(27)10-15)11-23(31)29-13-22(30)28-12-17(24(29)32)8-16-9-18(26)5-7-21(16)35-2/h4-7,9-10,14,17H,3,8,11-13,27H2,1-2H3,(H,28,30)(H,33,34). The number of carboxylic acids is 1. The number of aromatic carboxylic acids is 1. The number of hydrogen-bond donors (Lipinski definition) is 3. The monoisotopic (exact) mass is 501 g/mol. The van der Waals surface area contributed by atoms with Crippen LogP contribution < -0.4 is 15.8 Å². The van der Waals surface area contributed by atoms with Gasteiger partial charge in [0.2, 0.25) is 17.7 Å². The lowest BCUT2D eigenvalue weighted by atomic mass is 9.91. The minimum Gasteiger partial charge on any atom is -0.496 e. The Morgan fingerprint density at radius 3 is 2.63 bits per heavy atom. The maximum atomic E-state index is 13.4. The first-order valence-electron chi connectivity index (χ1n) is 11.2. The number of halogens is 1. The Hall–Kier alpha value is -3.59. The van der Waals surface area contributed by atoms with E-state index in [2.05, 4.69) is 5.32 Å². The number of imide groups is 1. The summed E-state index contributed by atoms with van der Waals surface area (Å²) in [7, 11) is 1.51. The number of carbonyl (C=O) groups is 4. The lowest BCUT2D eigenvalue weighted by Crippen LogP contribution is -2.43. The third kappa shape index (κ3) is 6.10. The molecule has 1 fully saturated rings. The van der Waals surface area contributed by atoms with Gasteiger partial charge < -0.3 is 20.9 Å². The number of nitrogens with zero attached hydrogens (tertiary/aromatic N) is 1. The summed E-state index contributed by atoms with van der Waals surface area (Å²) in [6.45, 7) is 1.60. The number of benzene rings is 2. The zero-order chi connectivity index (χ0) is 25.7. The molecule has 3 rings (SSSR count). The highest BCUT2D eigenvalue weighted by Gasteiger charge is 2.35. The van der Waals surface area contributed by atoms with Crippen molar-refractivity contribution in [3.8, 4) is 5.75 Å². The third-order valence-corrected chi connectivity index (χ3v) is 6.40. The Morgan fingerprint density at radius 2 is 2.00 bits per heavy atom. The first-order valence-corrected chi connectivity index (χ1v) is 11.6. The number of nitrogens with two attached hydrogens (primary N) is 1. The summed E-state index contributed by atoms with van der Waals surface area (Å²) in [4.78, 5) is 51.2. The van der Waals surface area contributed by atoms with E-state index in [0.29, 0.717) is 28.3 Å². The van der Waals surface area contributed by atoms with Crippen LogP contribution in [0.2, 0.25) is 5.02 Å². The summed E-state index contributed by atoms with van der Waals surface area (Å²) >= 11 is 6.12. The van der Waals surface area contributed by atoms with Gasteiger partial charge in [0.1, 0.15) is 12.3 Å². The van der Waals surface area contributed by atoms with E-state index in [9.17, 15) is 24.3 Å². The molecule has 9 nitrogen and oxygen atoms in total. The van der Waals surface area contributed by atoms with Crippen LogP contribution in [0.25, 0.3) is 0 Å². The van der Waals surface area contributed by atoms with Crippen LogP contribution >= 0.6 is 11.6 Å². The van der Waals surface area contributed by atoms with Crippen molar-refractivity contribution < 1.29 is 29.0 Å². The van der Waals surface area contributed by atoms with Gasteiger partial charge in [-0.25, -0.2) is 4.79 Å². The van der Waals surface area contributed by atoms with Crippen LogP contribution in [0.5, 0.6) is 5.75 Å². The molecule has 3 amide bonds. The van der Waals surface area contributed by atoms with E-state index in [0.717, 1.165) is 4.90 Å². The molecular formula is C25H28ClN3O6. The van der Waals surface area contributed by atoms with Gasteiger partial charge in [0.15, 0.2) is 0 Å². The van der Waals surface area contributed by atoms with E-state index in [4.69, 9.17) is 22.1 Å². The van der Waals surface area contributed by atoms with Gasteiger partial charge in [0.25, 0.3) is 0 Å². The number of methoxy groups -OCH3 is 1. The number of nitrogen functional groups attached to an aromatic ring is 1. The normalized spacial score (nSPS) is 16.9. The Bertz CT molecular complexity index is 1150. The van der Waals surface area contributed by atoms with Crippen molar-refractivity contribution in [2.45, 2.75) is 32.1 Å². The molecule has 0 aliphatic carbocycles. The third-order valence-electron chi connectivity index (χ3n) is 6.16. The number of carboxylic acid groups (broad SMARTS) is 1. The first-order chi connectivity index (χ1) is 16.6. The molecule has 1 heterocycles. The average Bonchev–Trinajstić information content (AvgIpc) is 2.96. The molecule has 2 atom stereocenters. The van der Waals surface area contributed by atoms with E-state index in [1.54, 1.807) is 24.3 Å². The number of amides is 3. The molecule has 0 spiro atoms. The van der Waals surface area contributed by atoms with E-state index in [-0.39, 0.29) is 43.1 Å². The van der Waals surface area contributed by atoms with Gasteiger partial charge in [-0.2, -0.15) is 0 Å². The topological polar surface area (TPSA) is 139 Å². The minimum absolute atomic E-state index is 0.0198. The van der Waals surface area contributed by atoms with Gasteiger partial charge in [-0.15, -0.1) is 0 Å². The first kappa shape index (κ1) is 26.0. The molecule has 0 aromatic heterocycles. The second-order valence-electron chi connectivity index (χ2n) is 8.44. The molecule has 2 unspecified atom stereocenters. The highest BCUT2D eigenvalue weighted by molar-refractivity contribution is 6.30. The SMILES string of the molecule is CCC(CC(=O)N1CC(=O)NCC(Cc2cc(Cl)ccc2OC)C1=O)c1ccc(C(=O)O)c(N)c1. The lowest BCUT2D eigenvalue weighted by molar-refractivity contribution is -0.148. The Kier molecular flexibility index (Phi) is 8.34. The van der Waals surface area contributed by atoms with Crippen LogP contribution in [0.1, 0.15) is 47.2 Å². The fourth-order valence-electron chi connectivity index (χ4n) is 4.21. The molecule has 1 aliphatic rings. The molecule has 2 aromatic carbocycles. The molecule has 1 aliphatic heterocycles. The van der Waals surface area contributed by atoms with E-state index < -0.39 is 29.6 Å². The van der Waals surface area contributed by atoms with Crippen molar-refractivity contribution in [1.82, 2.24) is 10.2 Å². The Labute approximate surface area is 208 Å². The lowest BCUT2D eigenvalue weighted by Gasteiger charge is -2.24. The molecule has 0 bridgehead atoms. The maximum absolute atomic E-state index is 13.4. The number of hydrogen-bond acceptors (Lipinski definition) is 6. The van der Waals surface area contributed by atoms with Gasteiger partial charge in [0.05, 0.1) is 18.6 Å². The minimum atomic E-state index is -1.14. The zero-order valence-corrected chi connectivity index (χ0v) is 20.3. The van der Waals surface area contributed by atoms with Gasteiger partial charge >= 0.3 is 5.97 Å². The highest BCUT2D eigenvalue weighted by Crippen LogP contribution is 2.29. The molecule has 0 saturated carbocycles. The summed E-state index contributed by atoms with van der Waals surface area (Å²) in [6.07, 6.45) is 0.751. The molecule has 0 radical (unpaired) electrons. The van der Waals surface area contributed by atoms with Gasteiger partial charge in [0, 0.05) is 23.7 Å². The molecule has 35 heavy (non-hydrogen) atoms. The second-order valence-corrected chi connectivity index (χ2v) is 8.88. The average molecular weight is 502 g/mol. The predicted molar refractivity (Wildman–Crippen MR) is 130 cm³/mol. The molecule has 1 saturated heterocycles.